The number of rotatable bonds is 1. The molecule has 6 heteroatoms. The van der Waals surface area contributed by atoms with Gasteiger partial charge in [0.2, 0.25) is 0 Å². The number of carbonyl (C=O) groups is 1. The van der Waals surface area contributed by atoms with E-state index in [0.717, 1.165) is 11.2 Å². The lowest BCUT2D eigenvalue weighted by atomic mass is 10.4. The highest BCUT2D eigenvalue weighted by atomic mass is 16.5. The van der Waals surface area contributed by atoms with Gasteiger partial charge in [-0.05, 0) is 12.1 Å². The van der Waals surface area contributed by atoms with Crippen LogP contribution in [0.4, 0.5) is 0 Å². The van der Waals surface area contributed by atoms with Gasteiger partial charge in [0.15, 0.2) is 17.4 Å². The van der Waals surface area contributed by atoms with Gasteiger partial charge in [-0.25, -0.2) is 9.78 Å². The molecule has 0 aliphatic carbocycles. The third-order valence-electron chi connectivity index (χ3n) is 2.53. The molecule has 0 fully saturated rings. The van der Waals surface area contributed by atoms with Crippen molar-refractivity contribution in [3.63, 3.8) is 0 Å². The van der Waals surface area contributed by atoms with Crippen molar-refractivity contribution in [2.24, 2.45) is 0 Å². The third kappa shape index (κ3) is 1.42. The zero-order chi connectivity index (χ0) is 11.8. The Morgan fingerprint density at radius 3 is 3.18 bits per heavy atom. The normalized spacial score (nSPS) is 10.9. The number of hydrogen-bond acceptors (Lipinski definition) is 4. The van der Waals surface area contributed by atoms with E-state index in [9.17, 15) is 4.79 Å². The summed E-state index contributed by atoms with van der Waals surface area (Å²) in [7, 11) is 1.32. The highest BCUT2D eigenvalue weighted by molar-refractivity contribution is 5.86. The van der Waals surface area contributed by atoms with Crippen LogP contribution < -0.4 is 4.52 Å². The maximum absolute atomic E-state index is 11.3. The summed E-state index contributed by atoms with van der Waals surface area (Å²) in [5, 5.41) is 4.21. The lowest BCUT2D eigenvalue weighted by Gasteiger charge is -1.98. The van der Waals surface area contributed by atoms with Crippen LogP contribution in [0.3, 0.4) is 0 Å². The lowest BCUT2D eigenvalue weighted by Crippen LogP contribution is -2.30. The molecule has 0 saturated carbocycles. The van der Waals surface area contributed by atoms with Crippen LogP contribution in [0.25, 0.3) is 11.2 Å². The Kier molecular flexibility index (Phi) is 2.01. The van der Waals surface area contributed by atoms with E-state index in [1.807, 2.05) is 22.7 Å². The van der Waals surface area contributed by atoms with E-state index in [1.165, 1.54) is 7.11 Å². The molecule has 0 unspecified atom stereocenters. The van der Waals surface area contributed by atoms with Crippen molar-refractivity contribution in [1.82, 2.24) is 14.5 Å². The van der Waals surface area contributed by atoms with Gasteiger partial charge in [0, 0.05) is 0 Å². The van der Waals surface area contributed by atoms with Gasteiger partial charge in [-0.15, -0.1) is 4.52 Å². The molecule has 17 heavy (non-hydrogen) atoms. The van der Waals surface area contributed by atoms with Crippen molar-refractivity contribution in [2.75, 3.05) is 7.11 Å². The predicted octanol–water partition coefficient (Wildman–Crippen LogP) is 0.255. The number of esters is 1. The number of ether oxygens (including phenoxy) is 1. The molecule has 0 spiro atoms. The molecule has 0 atom stereocenters. The van der Waals surface area contributed by atoms with Gasteiger partial charge in [0.05, 0.1) is 13.3 Å². The number of methoxy groups -OCH3 is 1. The maximum Gasteiger partial charge on any atom is 0.360 e. The first kappa shape index (κ1) is 9.71. The van der Waals surface area contributed by atoms with E-state index in [1.54, 1.807) is 23.1 Å². The third-order valence-corrected chi connectivity index (χ3v) is 2.53. The fourth-order valence-electron chi connectivity index (χ4n) is 1.71. The molecule has 3 aromatic heterocycles. The minimum absolute atomic E-state index is 0.226. The summed E-state index contributed by atoms with van der Waals surface area (Å²) in [4.78, 5) is 15.4. The van der Waals surface area contributed by atoms with Crippen molar-refractivity contribution in [2.45, 2.75) is 0 Å². The second-order valence-corrected chi connectivity index (χ2v) is 3.51. The number of fused-ring (bicyclic) bond motifs is 3. The van der Waals surface area contributed by atoms with Crippen molar-refractivity contribution >= 4 is 17.1 Å². The molecule has 0 bridgehead atoms. The van der Waals surface area contributed by atoms with Gasteiger partial charge in [0.1, 0.15) is 12.4 Å². The first-order chi connectivity index (χ1) is 8.29. The minimum atomic E-state index is -0.478. The Morgan fingerprint density at radius 1 is 1.47 bits per heavy atom. The van der Waals surface area contributed by atoms with Crippen LogP contribution in [0.1, 0.15) is 10.5 Å². The molecule has 3 aromatic rings. The lowest BCUT2D eigenvalue weighted by molar-refractivity contribution is -0.584. The van der Waals surface area contributed by atoms with E-state index in [2.05, 4.69) is 14.8 Å². The summed E-state index contributed by atoms with van der Waals surface area (Å²) in [6, 6.07) is 3.87. The second-order valence-electron chi connectivity index (χ2n) is 3.51. The van der Waals surface area contributed by atoms with E-state index in [4.69, 9.17) is 0 Å². The van der Waals surface area contributed by atoms with E-state index in [-0.39, 0.29) is 5.69 Å². The van der Waals surface area contributed by atoms with Gasteiger partial charge < -0.3 is 4.74 Å². The zero-order valence-corrected chi connectivity index (χ0v) is 9.07. The summed E-state index contributed by atoms with van der Waals surface area (Å²) in [5.41, 5.74) is 1.97. The summed E-state index contributed by atoms with van der Waals surface area (Å²) in [6.07, 6.45) is 6.76. The molecule has 3 heterocycles. The van der Waals surface area contributed by atoms with Crippen molar-refractivity contribution in [1.29, 1.82) is 0 Å². The van der Waals surface area contributed by atoms with Crippen LogP contribution in [0.15, 0.2) is 36.9 Å². The fraction of sp³-hybridized carbons (Fsp3) is 0.0909. The zero-order valence-electron chi connectivity index (χ0n) is 9.07. The molecule has 0 aliphatic rings. The van der Waals surface area contributed by atoms with Crippen molar-refractivity contribution in [3.05, 3.63) is 42.6 Å². The van der Waals surface area contributed by atoms with Gasteiger partial charge in [-0.3, -0.25) is 0 Å². The Balaban J connectivity index is 2.30. The monoisotopic (exact) mass is 229 g/mol. The van der Waals surface area contributed by atoms with E-state index < -0.39 is 5.97 Å². The van der Waals surface area contributed by atoms with Gasteiger partial charge in [-0.1, -0.05) is 5.10 Å². The first-order valence-electron chi connectivity index (χ1n) is 5.02. The summed E-state index contributed by atoms with van der Waals surface area (Å²) in [6.45, 7) is 0. The molecule has 6 nitrogen and oxygen atoms in total. The van der Waals surface area contributed by atoms with Gasteiger partial charge in [0.25, 0.3) is 0 Å². The quantitative estimate of drug-likeness (QED) is 0.443. The fourth-order valence-corrected chi connectivity index (χ4v) is 1.71. The molecular weight excluding hydrogens is 220 g/mol. The molecule has 84 valence electrons. The number of carbonyl (C=O) groups excluding carboxylic acids is 1. The topological polar surface area (TPSA) is 60.6 Å². The molecule has 0 N–H and O–H groups in total. The molecule has 0 aliphatic heterocycles. The Morgan fingerprint density at radius 2 is 2.35 bits per heavy atom. The minimum Gasteiger partial charge on any atom is -0.464 e. The van der Waals surface area contributed by atoms with Crippen LogP contribution in [-0.2, 0) is 4.74 Å². The summed E-state index contributed by atoms with van der Waals surface area (Å²) < 4.78 is 8.13. The Hall–Kier alpha value is -2.50. The van der Waals surface area contributed by atoms with E-state index in [0.29, 0.717) is 0 Å². The first-order valence-corrected chi connectivity index (χ1v) is 5.02. The SMILES string of the molecule is COC(=O)c1c[n+]2ncc3cccn3c2cn1. The number of aromatic nitrogens is 4. The molecule has 0 aromatic carbocycles. The van der Waals surface area contributed by atoms with Crippen molar-refractivity contribution in [3.8, 4) is 0 Å². The molecule has 0 amide bonds. The van der Waals surface area contributed by atoms with Crippen LogP contribution in [0, 0.1) is 0 Å². The highest BCUT2D eigenvalue weighted by Crippen LogP contribution is 2.04. The predicted molar refractivity (Wildman–Crippen MR) is 57.5 cm³/mol. The maximum atomic E-state index is 11.3. The average molecular weight is 229 g/mol. The smallest absolute Gasteiger partial charge is 0.360 e. The molecule has 0 saturated heterocycles. The second kappa shape index (κ2) is 3.51. The van der Waals surface area contributed by atoms with E-state index >= 15 is 0 Å². The standard InChI is InChI=1S/C11H9N4O2/c1-17-11(16)9-7-15-10(6-12-9)14-4-2-3-8(14)5-13-15/h2-7H,1H3/q+1. The molecule has 3 rings (SSSR count). The number of nitrogens with zero attached hydrogens (tertiary/aromatic N) is 4. The molecule has 0 radical (unpaired) electrons. The summed E-state index contributed by atoms with van der Waals surface area (Å²) in [5.74, 6) is -0.478. The van der Waals surface area contributed by atoms with Crippen LogP contribution in [0.2, 0.25) is 0 Å². The van der Waals surface area contributed by atoms with Crippen LogP contribution >= 0.6 is 0 Å². The largest absolute Gasteiger partial charge is 0.464 e. The van der Waals surface area contributed by atoms with Crippen LogP contribution in [0.5, 0.6) is 0 Å². The highest BCUT2D eigenvalue weighted by Gasteiger charge is 2.14. The summed E-state index contributed by atoms with van der Waals surface area (Å²) >= 11 is 0. The van der Waals surface area contributed by atoms with Gasteiger partial charge >= 0.3 is 11.6 Å². The Bertz CT molecular complexity index is 720. The van der Waals surface area contributed by atoms with Crippen molar-refractivity contribution < 1.29 is 14.0 Å². The average Bonchev–Trinajstić information content (AvgIpc) is 2.85. The Labute approximate surface area is 96.1 Å². The number of hydrogen-bond donors (Lipinski definition) is 0. The molecular formula is C11H9N4O2+. The van der Waals surface area contributed by atoms with Crippen LogP contribution in [-0.4, -0.2) is 27.6 Å². The van der Waals surface area contributed by atoms with Gasteiger partial charge in [-0.2, -0.15) is 4.40 Å².